The average molecular weight is 384 g/mol. The molecule has 8 nitrogen and oxygen atoms in total. The van der Waals surface area contributed by atoms with Crippen molar-refractivity contribution >= 4 is 50.5 Å². The quantitative estimate of drug-likeness (QED) is 0.367. The SMILES string of the molecule is O=C(NNC(=S)Nc1ccc([N+](=O)[O-])cc1)c1cc(Br)c[nH]1. The van der Waals surface area contributed by atoms with Gasteiger partial charge < -0.3 is 10.3 Å². The van der Waals surface area contributed by atoms with Crippen molar-refractivity contribution in [3.05, 3.63) is 56.8 Å². The van der Waals surface area contributed by atoms with Gasteiger partial charge in [0, 0.05) is 28.5 Å². The molecule has 22 heavy (non-hydrogen) atoms. The topological polar surface area (TPSA) is 112 Å². The van der Waals surface area contributed by atoms with Crippen molar-refractivity contribution in [3.8, 4) is 0 Å². The molecule has 0 aliphatic rings. The number of H-pyrrole nitrogens is 1. The lowest BCUT2D eigenvalue weighted by atomic mass is 10.3. The van der Waals surface area contributed by atoms with Gasteiger partial charge in [0.2, 0.25) is 0 Å². The predicted molar refractivity (Wildman–Crippen MR) is 88.4 cm³/mol. The Kier molecular flexibility index (Phi) is 5.07. The van der Waals surface area contributed by atoms with Crippen LogP contribution in [0.4, 0.5) is 11.4 Å². The first-order chi connectivity index (χ1) is 10.5. The van der Waals surface area contributed by atoms with Crippen LogP contribution < -0.4 is 16.2 Å². The van der Waals surface area contributed by atoms with Gasteiger partial charge in [-0.3, -0.25) is 25.8 Å². The highest BCUT2D eigenvalue weighted by molar-refractivity contribution is 9.10. The fourth-order valence-electron chi connectivity index (χ4n) is 1.51. The Labute approximate surface area is 138 Å². The number of carbonyl (C=O) groups excluding carboxylic acids is 1. The van der Waals surface area contributed by atoms with Gasteiger partial charge >= 0.3 is 0 Å². The molecule has 0 unspecified atom stereocenters. The molecule has 0 saturated carbocycles. The Balaban J connectivity index is 1.85. The molecule has 2 aromatic rings. The fourth-order valence-corrected chi connectivity index (χ4v) is 2.02. The maximum absolute atomic E-state index is 11.7. The lowest BCUT2D eigenvalue weighted by Gasteiger charge is -2.10. The zero-order valence-electron chi connectivity index (χ0n) is 10.9. The third-order valence-electron chi connectivity index (χ3n) is 2.52. The largest absolute Gasteiger partial charge is 0.356 e. The van der Waals surface area contributed by atoms with Gasteiger partial charge in [-0.15, -0.1) is 0 Å². The second-order valence-electron chi connectivity index (χ2n) is 4.07. The van der Waals surface area contributed by atoms with Crippen LogP contribution in [-0.4, -0.2) is 20.9 Å². The summed E-state index contributed by atoms with van der Waals surface area (Å²) >= 11 is 8.23. The van der Waals surface area contributed by atoms with Gasteiger partial charge in [-0.05, 0) is 46.3 Å². The van der Waals surface area contributed by atoms with Crippen LogP contribution in [0.1, 0.15) is 10.5 Å². The van der Waals surface area contributed by atoms with E-state index in [0.717, 1.165) is 4.47 Å². The minimum atomic E-state index is -0.491. The number of hydrogen-bond acceptors (Lipinski definition) is 4. The van der Waals surface area contributed by atoms with E-state index in [4.69, 9.17) is 12.2 Å². The van der Waals surface area contributed by atoms with Crippen LogP contribution in [0.3, 0.4) is 0 Å². The zero-order chi connectivity index (χ0) is 16.1. The normalized spacial score (nSPS) is 9.86. The number of nitrogens with one attached hydrogen (secondary N) is 4. The molecular formula is C12H10BrN5O3S. The summed E-state index contributed by atoms with van der Waals surface area (Å²) in [5.41, 5.74) is 5.83. The number of aromatic amines is 1. The number of nitro groups is 1. The number of amides is 1. The second-order valence-corrected chi connectivity index (χ2v) is 5.39. The number of benzene rings is 1. The minimum Gasteiger partial charge on any atom is -0.356 e. The summed E-state index contributed by atoms with van der Waals surface area (Å²) in [6.07, 6.45) is 1.63. The third-order valence-corrected chi connectivity index (χ3v) is 3.18. The van der Waals surface area contributed by atoms with Gasteiger partial charge in [-0.25, -0.2) is 0 Å². The fraction of sp³-hybridized carbons (Fsp3) is 0. The summed E-state index contributed by atoms with van der Waals surface area (Å²) in [5, 5.41) is 13.5. The average Bonchev–Trinajstić information content (AvgIpc) is 2.92. The number of nitrogens with zero attached hydrogens (tertiary/aromatic N) is 1. The molecule has 0 aliphatic carbocycles. The number of thiocarbonyl (C=S) groups is 1. The predicted octanol–water partition coefficient (Wildman–Crippen LogP) is 2.32. The van der Waals surface area contributed by atoms with Crippen LogP contribution in [0.15, 0.2) is 41.0 Å². The lowest BCUT2D eigenvalue weighted by Crippen LogP contribution is -2.43. The molecule has 114 valence electrons. The van der Waals surface area contributed by atoms with Crippen LogP contribution in [0.25, 0.3) is 0 Å². The van der Waals surface area contributed by atoms with Gasteiger partial charge in [-0.1, -0.05) is 0 Å². The number of nitro benzene ring substituents is 1. The molecule has 0 bridgehead atoms. The molecule has 1 aromatic heterocycles. The maximum atomic E-state index is 11.7. The van der Waals surface area contributed by atoms with Crippen LogP contribution in [0, 0.1) is 10.1 Å². The molecule has 0 radical (unpaired) electrons. The number of hydrazine groups is 1. The minimum absolute atomic E-state index is 0.0185. The van der Waals surface area contributed by atoms with Crippen molar-refractivity contribution in [1.82, 2.24) is 15.8 Å². The highest BCUT2D eigenvalue weighted by Gasteiger charge is 2.08. The first-order valence-corrected chi connectivity index (χ1v) is 7.11. The van der Waals surface area contributed by atoms with Crippen molar-refractivity contribution in [2.24, 2.45) is 0 Å². The van der Waals surface area contributed by atoms with E-state index in [1.165, 1.54) is 24.3 Å². The molecule has 2 rings (SSSR count). The first-order valence-electron chi connectivity index (χ1n) is 5.91. The Bertz CT molecular complexity index is 716. The molecular weight excluding hydrogens is 374 g/mol. The van der Waals surface area contributed by atoms with E-state index in [0.29, 0.717) is 11.4 Å². The number of anilines is 1. The zero-order valence-corrected chi connectivity index (χ0v) is 13.3. The second kappa shape index (κ2) is 7.00. The number of non-ortho nitro benzene ring substituents is 1. The molecule has 0 aliphatic heterocycles. The summed E-state index contributed by atoms with van der Waals surface area (Å²) in [5.74, 6) is -0.390. The summed E-state index contributed by atoms with van der Waals surface area (Å²) in [4.78, 5) is 24.6. The van der Waals surface area contributed by atoms with Crippen LogP contribution >= 0.6 is 28.1 Å². The van der Waals surface area contributed by atoms with Gasteiger partial charge in [0.15, 0.2) is 5.11 Å². The molecule has 0 fully saturated rings. The summed E-state index contributed by atoms with van der Waals surface area (Å²) in [7, 11) is 0. The van der Waals surface area contributed by atoms with E-state index >= 15 is 0 Å². The first kappa shape index (κ1) is 15.9. The summed E-state index contributed by atoms with van der Waals surface area (Å²) in [6.45, 7) is 0. The number of carbonyl (C=O) groups is 1. The van der Waals surface area contributed by atoms with Crippen molar-refractivity contribution in [1.29, 1.82) is 0 Å². The molecule has 0 spiro atoms. The van der Waals surface area contributed by atoms with Crippen molar-refractivity contribution in [2.75, 3.05) is 5.32 Å². The van der Waals surface area contributed by atoms with E-state index in [1.54, 1.807) is 12.3 Å². The molecule has 1 heterocycles. The summed E-state index contributed by atoms with van der Waals surface area (Å²) in [6, 6.07) is 7.33. The standard InChI is InChI=1S/C12H10BrN5O3S/c13-7-5-10(14-6-7)11(19)16-17-12(22)15-8-1-3-9(4-2-8)18(20)21/h1-6,14H,(H,16,19)(H2,15,17,22). The molecule has 1 aromatic carbocycles. The molecule has 1 amide bonds. The van der Waals surface area contributed by atoms with E-state index in [9.17, 15) is 14.9 Å². The molecule has 0 atom stereocenters. The van der Waals surface area contributed by atoms with E-state index in [2.05, 4.69) is 37.1 Å². The van der Waals surface area contributed by atoms with Gasteiger partial charge in [0.1, 0.15) is 5.69 Å². The van der Waals surface area contributed by atoms with Gasteiger partial charge in [-0.2, -0.15) is 0 Å². The van der Waals surface area contributed by atoms with E-state index < -0.39 is 10.8 Å². The van der Waals surface area contributed by atoms with Gasteiger partial charge in [0.25, 0.3) is 11.6 Å². The Morgan fingerprint density at radius 3 is 2.50 bits per heavy atom. The number of aromatic nitrogens is 1. The van der Waals surface area contributed by atoms with Crippen LogP contribution in [0.2, 0.25) is 0 Å². The number of halogens is 1. The molecule has 4 N–H and O–H groups in total. The van der Waals surface area contributed by atoms with Crippen molar-refractivity contribution in [2.45, 2.75) is 0 Å². The smallest absolute Gasteiger partial charge is 0.286 e. The summed E-state index contributed by atoms with van der Waals surface area (Å²) < 4.78 is 0.754. The van der Waals surface area contributed by atoms with Gasteiger partial charge in [0.05, 0.1) is 4.92 Å². The van der Waals surface area contributed by atoms with Crippen molar-refractivity contribution in [3.63, 3.8) is 0 Å². The third kappa shape index (κ3) is 4.27. The molecule has 10 heteroatoms. The number of hydrogen-bond donors (Lipinski definition) is 4. The number of rotatable bonds is 3. The van der Waals surface area contributed by atoms with Crippen molar-refractivity contribution < 1.29 is 9.72 Å². The highest BCUT2D eigenvalue weighted by atomic mass is 79.9. The Morgan fingerprint density at radius 1 is 1.27 bits per heavy atom. The highest BCUT2D eigenvalue weighted by Crippen LogP contribution is 2.15. The van der Waals surface area contributed by atoms with Crippen LogP contribution in [-0.2, 0) is 0 Å². The van der Waals surface area contributed by atoms with E-state index in [-0.39, 0.29) is 10.8 Å². The monoisotopic (exact) mass is 383 g/mol. The molecule has 0 saturated heterocycles. The maximum Gasteiger partial charge on any atom is 0.286 e. The Morgan fingerprint density at radius 2 is 1.95 bits per heavy atom. The lowest BCUT2D eigenvalue weighted by molar-refractivity contribution is -0.384. The van der Waals surface area contributed by atoms with E-state index in [1.807, 2.05) is 0 Å². The van der Waals surface area contributed by atoms with Crippen LogP contribution in [0.5, 0.6) is 0 Å². The Hall–Kier alpha value is -2.46.